The predicted octanol–water partition coefficient (Wildman–Crippen LogP) is 2.08. The zero-order chi connectivity index (χ0) is 19.7. The lowest BCUT2D eigenvalue weighted by Crippen LogP contribution is -2.60. The van der Waals surface area contributed by atoms with Gasteiger partial charge in [-0.2, -0.15) is 0 Å². The molecule has 156 valence electrons. The lowest BCUT2D eigenvalue weighted by atomic mass is 9.44. The van der Waals surface area contributed by atoms with Crippen molar-refractivity contribution in [1.29, 1.82) is 0 Å². The fourth-order valence-corrected chi connectivity index (χ4v) is 8.17. The predicted molar refractivity (Wildman–Crippen MR) is 108 cm³/mol. The Morgan fingerprint density at radius 3 is 2.22 bits per heavy atom. The van der Waals surface area contributed by atoms with Gasteiger partial charge in [-0.1, -0.05) is 13.8 Å². The maximum atomic E-state index is 11.2. The number of aliphatic hydroxyl groups excluding tert-OH is 2. The molecule has 3 unspecified atom stereocenters. The smallest absolute Gasteiger partial charge is 0.0751 e. The Kier molecular flexibility index (Phi) is 4.96. The SMILES string of the molecule is CN(C)[C@H]1CC2C3CC[C@H]4C[C@H](O)[C@@H](N(C)N)C[C@]4(C)C3CC[C@]2(C)[C@H]1O. The quantitative estimate of drug-likeness (QED) is 0.506. The molecule has 4 aliphatic carbocycles. The minimum Gasteiger partial charge on any atom is -0.391 e. The number of rotatable bonds is 2. The van der Waals surface area contributed by atoms with E-state index in [0.717, 1.165) is 25.7 Å². The number of nitrogens with two attached hydrogens (primary N) is 1. The van der Waals surface area contributed by atoms with Gasteiger partial charge in [0.1, 0.15) is 0 Å². The summed E-state index contributed by atoms with van der Waals surface area (Å²) in [6.45, 7) is 4.85. The Morgan fingerprint density at radius 1 is 0.889 bits per heavy atom. The molecule has 4 rings (SSSR count). The summed E-state index contributed by atoms with van der Waals surface area (Å²) in [7, 11) is 6.15. The molecule has 4 fully saturated rings. The summed E-state index contributed by atoms with van der Waals surface area (Å²) < 4.78 is 0. The van der Waals surface area contributed by atoms with Gasteiger partial charge >= 0.3 is 0 Å². The summed E-state index contributed by atoms with van der Waals surface area (Å²) in [4.78, 5) is 2.24. The maximum Gasteiger partial charge on any atom is 0.0751 e. The van der Waals surface area contributed by atoms with Gasteiger partial charge in [0.25, 0.3) is 0 Å². The van der Waals surface area contributed by atoms with E-state index in [4.69, 9.17) is 5.84 Å². The van der Waals surface area contributed by atoms with E-state index in [9.17, 15) is 10.2 Å². The number of aliphatic hydroxyl groups is 2. The van der Waals surface area contributed by atoms with Gasteiger partial charge in [0, 0.05) is 13.1 Å². The van der Waals surface area contributed by atoms with Gasteiger partial charge in [-0.25, -0.2) is 5.01 Å². The van der Waals surface area contributed by atoms with Crippen LogP contribution in [0.2, 0.25) is 0 Å². The fourth-order valence-electron chi connectivity index (χ4n) is 8.17. The van der Waals surface area contributed by atoms with Crippen LogP contribution in [0.3, 0.4) is 0 Å². The van der Waals surface area contributed by atoms with E-state index in [1.54, 1.807) is 5.01 Å². The molecule has 0 spiro atoms. The molecule has 5 heteroatoms. The van der Waals surface area contributed by atoms with Crippen LogP contribution < -0.4 is 5.84 Å². The highest BCUT2D eigenvalue weighted by atomic mass is 16.3. The lowest BCUT2D eigenvalue weighted by Gasteiger charge is -2.62. The topological polar surface area (TPSA) is 73.0 Å². The Hall–Kier alpha value is -0.200. The van der Waals surface area contributed by atoms with Crippen molar-refractivity contribution in [2.75, 3.05) is 21.1 Å². The van der Waals surface area contributed by atoms with Crippen LogP contribution in [0.1, 0.15) is 58.8 Å². The first-order chi connectivity index (χ1) is 12.6. The molecule has 0 amide bonds. The minimum atomic E-state index is -0.296. The van der Waals surface area contributed by atoms with Crippen molar-refractivity contribution in [3.05, 3.63) is 0 Å². The van der Waals surface area contributed by atoms with Crippen molar-refractivity contribution in [3.63, 3.8) is 0 Å². The second-order valence-corrected chi connectivity index (χ2v) is 11.2. The van der Waals surface area contributed by atoms with Crippen LogP contribution in [0.4, 0.5) is 0 Å². The monoisotopic (exact) mass is 379 g/mol. The minimum absolute atomic E-state index is 0.0670. The highest BCUT2D eigenvalue weighted by Crippen LogP contribution is 2.66. The lowest BCUT2D eigenvalue weighted by molar-refractivity contribution is -0.152. The van der Waals surface area contributed by atoms with Gasteiger partial charge in [0.15, 0.2) is 0 Å². The number of hydrogen-bond donors (Lipinski definition) is 3. The number of hydrazine groups is 1. The van der Waals surface area contributed by atoms with Gasteiger partial charge in [0.05, 0.1) is 18.2 Å². The summed E-state index contributed by atoms with van der Waals surface area (Å²) in [6, 6.07) is 0.363. The molecule has 4 aliphatic rings. The summed E-state index contributed by atoms with van der Waals surface area (Å²) in [5, 5.41) is 23.6. The van der Waals surface area contributed by atoms with Crippen molar-refractivity contribution >= 4 is 0 Å². The molecular formula is C22H41N3O2. The van der Waals surface area contributed by atoms with Crippen molar-refractivity contribution in [2.24, 2.45) is 40.3 Å². The first-order valence-corrected chi connectivity index (χ1v) is 11.1. The second-order valence-electron chi connectivity index (χ2n) is 11.2. The molecule has 10 atom stereocenters. The molecule has 0 aliphatic heterocycles. The third kappa shape index (κ3) is 2.83. The van der Waals surface area contributed by atoms with Gasteiger partial charge < -0.3 is 15.1 Å². The van der Waals surface area contributed by atoms with Gasteiger partial charge in [-0.05, 0) is 93.5 Å². The molecule has 4 saturated carbocycles. The molecule has 5 nitrogen and oxygen atoms in total. The molecule has 0 aromatic carbocycles. The molecule has 0 saturated heterocycles. The van der Waals surface area contributed by atoms with Crippen LogP contribution in [0.15, 0.2) is 0 Å². The van der Waals surface area contributed by atoms with E-state index < -0.39 is 0 Å². The standard InChI is InChI=1S/C22H41N3O2/c1-21-9-8-15-14(16(21)11-17(20(21)27)24(3)4)7-6-13-10-19(26)18(25(5)23)12-22(13,15)2/h13-20,26-27H,6-12,23H2,1-5H3/t13-,14?,15?,16?,17-,18-,19-,20-,21-,22-/m0/s1. The van der Waals surface area contributed by atoms with Crippen LogP contribution in [-0.4, -0.2) is 65.6 Å². The van der Waals surface area contributed by atoms with Crippen LogP contribution in [-0.2, 0) is 0 Å². The van der Waals surface area contributed by atoms with Crippen molar-refractivity contribution in [3.8, 4) is 0 Å². The largest absolute Gasteiger partial charge is 0.391 e. The summed E-state index contributed by atoms with van der Waals surface area (Å²) in [6.07, 6.45) is 7.40. The number of likely N-dealkylation sites (N-methyl/N-ethyl adjacent to an activating group) is 2. The van der Waals surface area contributed by atoms with Gasteiger partial charge in [-0.3, -0.25) is 5.84 Å². The molecule has 0 bridgehead atoms. The van der Waals surface area contributed by atoms with Gasteiger partial charge in [0.2, 0.25) is 0 Å². The maximum absolute atomic E-state index is 11.2. The van der Waals surface area contributed by atoms with E-state index >= 15 is 0 Å². The third-order valence-electron chi connectivity index (χ3n) is 9.84. The highest BCUT2D eigenvalue weighted by molar-refractivity contribution is 5.13. The van der Waals surface area contributed by atoms with E-state index in [0.29, 0.717) is 29.7 Å². The van der Waals surface area contributed by atoms with Crippen LogP contribution in [0.25, 0.3) is 0 Å². The Balaban J connectivity index is 1.62. The van der Waals surface area contributed by atoms with E-state index in [1.807, 2.05) is 7.05 Å². The molecule has 0 aromatic heterocycles. The second kappa shape index (κ2) is 6.66. The van der Waals surface area contributed by atoms with Crippen molar-refractivity contribution in [2.45, 2.75) is 83.1 Å². The summed E-state index contributed by atoms with van der Waals surface area (Å²) in [5.41, 5.74) is 0.334. The summed E-state index contributed by atoms with van der Waals surface area (Å²) in [5.74, 6) is 8.77. The van der Waals surface area contributed by atoms with Gasteiger partial charge in [-0.15, -0.1) is 0 Å². The van der Waals surface area contributed by atoms with Crippen LogP contribution in [0, 0.1) is 34.5 Å². The number of hydrogen-bond acceptors (Lipinski definition) is 5. The molecule has 4 N–H and O–H groups in total. The highest BCUT2D eigenvalue weighted by Gasteiger charge is 2.63. The Bertz CT molecular complexity index is 570. The van der Waals surface area contributed by atoms with E-state index in [2.05, 4.69) is 32.8 Å². The average Bonchev–Trinajstić information content (AvgIpc) is 2.87. The summed E-state index contributed by atoms with van der Waals surface area (Å²) >= 11 is 0. The number of fused-ring (bicyclic) bond motifs is 5. The molecule has 27 heavy (non-hydrogen) atoms. The van der Waals surface area contributed by atoms with Crippen LogP contribution in [0.5, 0.6) is 0 Å². The zero-order valence-corrected chi connectivity index (χ0v) is 17.9. The normalized spacial score (nSPS) is 55.3. The molecule has 0 aromatic rings. The first kappa shape index (κ1) is 20.1. The molecule has 0 radical (unpaired) electrons. The zero-order valence-electron chi connectivity index (χ0n) is 17.9. The van der Waals surface area contributed by atoms with Crippen molar-refractivity contribution < 1.29 is 10.2 Å². The van der Waals surface area contributed by atoms with E-state index in [1.165, 1.54) is 19.3 Å². The Morgan fingerprint density at radius 2 is 1.59 bits per heavy atom. The third-order valence-corrected chi connectivity index (χ3v) is 9.84. The molecule has 0 heterocycles. The number of nitrogens with zero attached hydrogens (tertiary/aromatic N) is 2. The first-order valence-electron chi connectivity index (χ1n) is 11.1. The Labute approximate surface area is 165 Å². The van der Waals surface area contributed by atoms with Crippen molar-refractivity contribution in [1.82, 2.24) is 9.91 Å². The fraction of sp³-hybridized carbons (Fsp3) is 1.00. The average molecular weight is 380 g/mol. The van der Waals surface area contributed by atoms with Crippen LogP contribution >= 0.6 is 0 Å². The molecular weight excluding hydrogens is 338 g/mol. The van der Waals surface area contributed by atoms with E-state index in [-0.39, 0.29) is 29.1 Å².